The van der Waals surface area contributed by atoms with Gasteiger partial charge in [0.15, 0.2) is 5.82 Å². The third-order valence-corrected chi connectivity index (χ3v) is 12.5. The average Bonchev–Trinajstić information content (AvgIpc) is 3.49. The number of benzene rings is 2. The molecule has 5 rings (SSSR count). The summed E-state index contributed by atoms with van der Waals surface area (Å²) in [7, 11) is -8.61. The van der Waals surface area contributed by atoms with Crippen molar-refractivity contribution in [2.24, 2.45) is 0 Å². The summed E-state index contributed by atoms with van der Waals surface area (Å²) >= 11 is 0.812. The Morgan fingerprint density at radius 3 is 2.25 bits per heavy atom. The molecule has 0 saturated heterocycles. The summed E-state index contributed by atoms with van der Waals surface area (Å²) in [4.78, 5) is 11.4. The van der Waals surface area contributed by atoms with Crippen molar-refractivity contribution >= 4 is 48.4 Å². The van der Waals surface area contributed by atoms with Crippen molar-refractivity contribution in [3.05, 3.63) is 77.4 Å². The van der Waals surface area contributed by atoms with Gasteiger partial charge in [0, 0.05) is 30.5 Å². The number of aromatic nitrogens is 3. The molecule has 20 heteroatoms. The number of allylic oxidation sites excluding steroid dienone is 1. The minimum Gasteiger partial charge on any atom is -0.351 e. The molecule has 0 radical (unpaired) electrons. The standard InChI is InChI=1S/C32H29F8N5O4S3/c1-17(13-15-31(35,36)37)29-44-26(27(50-29)24-14-16-41-30(43-24)42-18-9-11-19(12-10-18)51(2,46)47)20-5-3-8-23(25(20)34)45-52(48,49)28-21(32(38,39)40)6-4-7-22(28)33/h3-8,14,16,18-19,45H,1,9-13,15H2,2H3,(H,41,42,43)/t18-,19-. The number of alkyl halides is 6. The predicted molar refractivity (Wildman–Crippen MR) is 180 cm³/mol. The molecule has 2 N–H and O–H groups in total. The van der Waals surface area contributed by atoms with Crippen LogP contribution in [0, 0.1) is 11.6 Å². The minimum absolute atomic E-state index is 0.0342. The largest absolute Gasteiger partial charge is 0.417 e. The van der Waals surface area contributed by atoms with Crippen molar-refractivity contribution in [3.8, 4) is 21.8 Å². The van der Waals surface area contributed by atoms with Gasteiger partial charge in [-0.3, -0.25) is 4.72 Å². The number of anilines is 2. The molecular formula is C32H29F8N5O4S3. The molecule has 0 aliphatic heterocycles. The van der Waals surface area contributed by atoms with Crippen molar-refractivity contribution in [1.29, 1.82) is 0 Å². The number of hydrogen-bond donors (Lipinski definition) is 2. The zero-order valence-electron chi connectivity index (χ0n) is 26.9. The summed E-state index contributed by atoms with van der Waals surface area (Å²) in [6, 6.07) is 5.90. The summed E-state index contributed by atoms with van der Waals surface area (Å²) in [5, 5.41) is 2.62. The molecule has 280 valence electrons. The topological polar surface area (TPSA) is 131 Å². The van der Waals surface area contributed by atoms with Crippen LogP contribution in [0.25, 0.3) is 27.4 Å². The monoisotopic (exact) mass is 795 g/mol. The second kappa shape index (κ2) is 14.7. The Bertz CT molecular complexity index is 2200. The smallest absolute Gasteiger partial charge is 0.351 e. The van der Waals surface area contributed by atoms with Gasteiger partial charge in [0.25, 0.3) is 10.0 Å². The molecule has 0 atom stereocenters. The van der Waals surface area contributed by atoms with Crippen LogP contribution in [-0.4, -0.2) is 55.5 Å². The van der Waals surface area contributed by atoms with E-state index in [1.165, 1.54) is 18.5 Å². The van der Waals surface area contributed by atoms with Crippen LogP contribution in [0.2, 0.25) is 0 Å². The van der Waals surface area contributed by atoms with Gasteiger partial charge in [0.05, 0.1) is 32.8 Å². The van der Waals surface area contributed by atoms with Crippen LogP contribution in [0.5, 0.6) is 0 Å². The maximum Gasteiger partial charge on any atom is 0.417 e. The van der Waals surface area contributed by atoms with Gasteiger partial charge in [-0.05, 0) is 68.0 Å². The first-order valence-electron chi connectivity index (χ1n) is 15.4. The maximum absolute atomic E-state index is 16.2. The predicted octanol–water partition coefficient (Wildman–Crippen LogP) is 8.49. The molecule has 1 aliphatic carbocycles. The molecular weight excluding hydrogens is 767 g/mol. The number of nitrogens with zero attached hydrogens (tertiary/aromatic N) is 3. The summed E-state index contributed by atoms with van der Waals surface area (Å²) in [5.74, 6) is -2.98. The lowest BCUT2D eigenvalue weighted by atomic mass is 9.95. The third-order valence-electron chi connectivity index (χ3n) is 8.18. The average molecular weight is 796 g/mol. The van der Waals surface area contributed by atoms with Crippen LogP contribution in [0.3, 0.4) is 0 Å². The molecule has 2 heterocycles. The fourth-order valence-electron chi connectivity index (χ4n) is 5.59. The second-order valence-electron chi connectivity index (χ2n) is 12.0. The lowest BCUT2D eigenvalue weighted by molar-refractivity contribution is -0.140. The number of hydrogen-bond acceptors (Lipinski definition) is 9. The number of sulfonamides is 1. The van der Waals surface area contributed by atoms with E-state index in [1.54, 1.807) is 4.72 Å². The number of rotatable bonds is 11. The molecule has 0 bridgehead atoms. The van der Waals surface area contributed by atoms with Gasteiger partial charge in [-0.1, -0.05) is 18.7 Å². The van der Waals surface area contributed by atoms with Gasteiger partial charge in [0.1, 0.15) is 25.6 Å². The SMILES string of the molecule is C=C(CCC(F)(F)F)c1nc(-c2cccc(NS(=O)(=O)c3c(F)cccc3C(F)(F)F)c2F)c(-c2ccnc(N[C@H]3CC[C@H](S(C)(=O)=O)CC3)n2)s1. The summed E-state index contributed by atoms with van der Waals surface area (Å²) in [5.41, 5.74) is -3.26. The normalized spacial score (nSPS) is 17.2. The van der Waals surface area contributed by atoms with Crippen LogP contribution in [-0.2, 0) is 26.0 Å². The van der Waals surface area contributed by atoms with Crippen molar-refractivity contribution in [2.75, 3.05) is 16.3 Å². The van der Waals surface area contributed by atoms with Gasteiger partial charge in [-0.25, -0.2) is 40.6 Å². The molecule has 1 fully saturated rings. The fraction of sp³-hybridized carbons (Fsp3) is 0.344. The maximum atomic E-state index is 16.2. The van der Waals surface area contributed by atoms with Crippen LogP contribution in [0.1, 0.15) is 49.1 Å². The molecule has 0 spiro atoms. The molecule has 0 unspecified atom stereocenters. The Morgan fingerprint density at radius 1 is 0.942 bits per heavy atom. The molecule has 4 aromatic rings. The molecule has 1 aliphatic rings. The lowest BCUT2D eigenvalue weighted by Crippen LogP contribution is -2.32. The number of sulfone groups is 1. The molecule has 9 nitrogen and oxygen atoms in total. The first-order valence-corrected chi connectivity index (χ1v) is 19.6. The highest BCUT2D eigenvalue weighted by Crippen LogP contribution is 2.42. The number of halogens is 8. The van der Waals surface area contributed by atoms with Crippen molar-refractivity contribution in [2.45, 2.75) is 67.1 Å². The Morgan fingerprint density at radius 2 is 1.62 bits per heavy atom. The van der Waals surface area contributed by atoms with Crippen molar-refractivity contribution in [1.82, 2.24) is 15.0 Å². The van der Waals surface area contributed by atoms with E-state index in [0.29, 0.717) is 43.9 Å². The van der Waals surface area contributed by atoms with Crippen LogP contribution < -0.4 is 10.0 Å². The number of nitrogens with one attached hydrogen (secondary N) is 2. The third kappa shape index (κ3) is 9.06. The highest BCUT2D eigenvalue weighted by Gasteiger charge is 2.39. The van der Waals surface area contributed by atoms with E-state index in [4.69, 9.17) is 0 Å². The van der Waals surface area contributed by atoms with Gasteiger partial charge in [-0.15, -0.1) is 11.3 Å². The van der Waals surface area contributed by atoms with Crippen molar-refractivity contribution in [3.63, 3.8) is 0 Å². The molecule has 2 aromatic carbocycles. The quantitative estimate of drug-likeness (QED) is 0.145. The molecule has 0 amide bonds. The van der Waals surface area contributed by atoms with Gasteiger partial charge < -0.3 is 5.32 Å². The first-order chi connectivity index (χ1) is 24.1. The van der Waals surface area contributed by atoms with E-state index in [1.807, 2.05) is 0 Å². The highest BCUT2D eigenvalue weighted by atomic mass is 32.2. The Labute approximate surface area is 297 Å². The molecule has 52 heavy (non-hydrogen) atoms. The van der Waals surface area contributed by atoms with E-state index >= 15 is 4.39 Å². The van der Waals surface area contributed by atoms with E-state index in [-0.39, 0.29) is 38.8 Å². The van der Waals surface area contributed by atoms with E-state index in [2.05, 4.69) is 26.8 Å². The highest BCUT2D eigenvalue weighted by molar-refractivity contribution is 7.92. The van der Waals surface area contributed by atoms with Gasteiger partial charge >= 0.3 is 12.4 Å². The zero-order chi connectivity index (χ0) is 38.2. The van der Waals surface area contributed by atoms with E-state index < -0.39 is 83.6 Å². The van der Waals surface area contributed by atoms with Crippen LogP contribution in [0.4, 0.5) is 46.8 Å². The number of thiazole rings is 1. The van der Waals surface area contributed by atoms with Gasteiger partial charge in [-0.2, -0.15) is 26.3 Å². The Balaban J connectivity index is 1.53. The van der Waals surface area contributed by atoms with Crippen LogP contribution in [0.15, 0.2) is 60.1 Å². The fourth-order valence-corrected chi connectivity index (χ4v) is 9.12. The molecule has 1 saturated carbocycles. The first kappa shape index (κ1) is 39.0. The molecule has 2 aromatic heterocycles. The van der Waals surface area contributed by atoms with E-state index in [0.717, 1.165) is 29.5 Å². The Hall–Kier alpha value is -4.17. The Kier molecular flexibility index (Phi) is 11.0. The summed E-state index contributed by atoms with van der Waals surface area (Å²) in [6.45, 7) is 3.69. The second-order valence-corrected chi connectivity index (χ2v) is 17.0. The van der Waals surface area contributed by atoms with Crippen molar-refractivity contribution < 1.29 is 52.0 Å². The zero-order valence-corrected chi connectivity index (χ0v) is 29.4. The summed E-state index contributed by atoms with van der Waals surface area (Å²) in [6.07, 6.45) is -7.28. The summed E-state index contributed by atoms with van der Waals surface area (Å²) < 4.78 is 163. The lowest BCUT2D eigenvalue weighted by Gasteiger charge is -2.28. The van der Waals surface area contributed by atoms with Gasteiger partial charge in [0.2, 0.25) is 5.95 Å². The van der Waals surface area contributed by atoms with Crippen LogP contribution >= 0.6 is 11.3 Å². The van der Waals surface area contributed by atoms with E-state index in [9.17, 15) is 47.6 Å². The minimum atomic E-state index is -5.39.